The van der Waals surface area contributed by atoms with Gasteiger partial charge in [0.05, 0.1) is 6.42 Å². The van der Waals surface area contributed by atoms with Crippen LogP contribution in [0, 0.1) is 0 Å². The van der Waals surface area contributed by atoms with Crippen LogP contribution in [0.25, 0.3) is 0 Å². The van der Waals surface area contributed by atoms with E-state index in [0.29, 0.717) is 18.0 Å². The summed E-state index contributed by atoms with van der Waals surface area (Å²) in [7, 11) is 0. The molecule has 0 atom stereocenters. The Morgan fingerprint density at radius 2 is 1.83 bits per heavy atom. The van der Waals surface area contributed by atoms with Crippen molar-refractivity contribution < 1.29 is 19.1 Å². The van der Waals surface area contributed by atoms with Crippen molar-refractivity contribution in [3.63, 3.8) is 0 Å². The van der Waals surface area contributed by atoms with Crippen LogP contribution in [0.4, 0.5) is 5.69 Å². The summed E-state index contributed by atoms with van der Waals surface area (Å²) in [6.07, 6.45) is 0.178. The molecule has 0 aliphatic carbocycles. The fourth-order valence-electron chi connectivity index (χ4n) is 2.00. The number of hydrogen-bond donors (Lipinski definition) is 1. The van der Waals surface area contributed by atoms with Crippen LogP contribution in [-0.2, 0) is 20.7 Å². The number of benzene rings is 2. The van der Waals surface area contributed by atoms with Gasteiger partial charge in [-0.1, -0.05) is 34.1 Å². The fraction of sp³-hybridized carbons (Fsp3) is 0.222. The highest BCUT2D eigenvalue weighted by atomic mass is 79.9. The molecule has 0 aromatic heterocycles. The highest BCUT2D eigenvalue weighted by molar-refractivity contribution is 9.10. The minimum atomic E-state index is -0.319. The lowest BCUT2D eigenvalue weighted by Gasteiger charge is -2.08. The molecule has 0 radical (unpaired) electrons. The molecule has 0 aliphatic heterocycles. The van der Waals surface area contributed by atoms with Crippen molar-refractivity contribution in [2.45, 2.75) is 13.3 Å². The van der Waals surface area contributed by atoms with Gasteiger partial charge in [0.15, 0.2) is 0 Å². The third kappa shape index (κ3) is 6.42. The Bertz CT molecular complexity index is 700. The molecule has 0 unspecified atom stereocenters. The van der Waals surface area contributed by atoms with E-state index in [1.54, 1.807) is 24.3 Å². The Labute approximate surface area is 149 Å². The monoisotopic (exact) mass is 391 g/mol. The van der Waals surface area contributed by atoms with Crippen LogP contribution in [-0.4, -0.2) is 25.1 Å². The largest absolute Gasteiger partial charge is 0.490 e. The van der Waals surface area contributed by atoms with Gasteiger partial charge < -0.3 is 14.8 Å². The predicted octanol–water partition coefficient (Wildman–Crippen LogP) is 3.57. The Morgan fingerprint density at radius 1 is 1.08 bits per heavy atom. The first-order valence-corrected chi connectivity index (χ1v) is 8.23. The summed E-state index contributed by atoms with van der Waals surface area (Å²) < 4.78 is 11.6. The number of esters is 1. The van der Waals surface area contributed by atoms with Crippen LogP contribution >= 0.6 is 15.9 Å². The average Bonchev–Trinajstić information content (AvgIpc) is 2.53. The maximum Gasteiger partial charge on any atom is 0.310 e. The van der Waals surface area contributed by atoms with Gasteiger partial charge in [0.1, 0.15) is 19.0 Å². The molecule has 0 spiro atoms. The lowest BCUT2D eigenvalue weighted by atomic mass is 10.1. The van der Waals surface area contributed by atoms with Gasteiger partial charge >= 0.3 is 5.97 Å². The van der Waals surface area contributed by atoms with Crippen LogP contribution in [0.2, 0.25) is 0 Å². The van der Waals surface area contributed by atoms with Gasteiger partial charge in [0.25, 0.3) is 0 Å². The van der Waals surface area contributed by atoms with Crippen molar-refractivity contribution in [3.8, 4) is 5.75 Å². The van der Waals surface area contributed by atoms with E-state index in [0.717, 1.165) is 10.0 Å². The zero-order valence-electron chi connectivity index (χ0n) is 13.3. The van der Waals surface area contributed by atoms with E-state index in [2.05, 4.69) is 21.2 Å². The maximum atomic E-state index is 11.8. The topological polar surface area (TPSA) is 64.6 Å². The van der Waals surface area contributed by atoms with E-state index in [9.17, 15) is 9.59 Å². The van der Waals surface area contributed by atoms with Crippen molar-refractivity contribution in [1.82, 2.24) is 0 Å². The molecule has 6 heteroatoms. The molecule has 1 N–H and O–H groups in total. The molecular formula is C18H18BrNO4. The lowest BCUT2D eigenvalue weighted by Crippen LogP contribution is -2.14. The molecule has 0 aliphatic rings. The summed E-state index contributed by atoms with van der Waals surface area (Å²) in [6, 6.07) is 14.5. The zero-order valence-corrected chi connectivity index (χ0v) is 14.8. The molecule has 2 aromatic carbocycles. The zero-order chi connectivity index (χ0) is 17.4. The fourth-order valence-corrected chi connectivity index (χ4v) is 2.38. The first-order valence-electron chi connectivity index (χ1n) is 7.43. The quantitative estimate of drug-likeness (QED) is 0.578. The first kappa shape index (κ1) is 18.0. The summed E-state index contributed by atoms with van der Waals surface area (Å²) >= 11 is 3.36. The Morgan fingerprint density at radius 3 is 2.50 bits per heavy atom. The minimum Gasteiger partial charge on any atom is -0.490 e. The lowest BCUT2D eigenvalue weighted by molar-refractivity contribution is -0.143. The van der Waals surface area contributed by atoms with Gasteiger partial charge in [-0.25, -0.2) is 0 Å². The first-order chi connectivity index (χ1) is 11.5. The smallest absolute Gasteiger partial charge is 0.310 e. The van der Waals surface area contributed by atoms with Gasteiger partial charge in [-0.2, -0.15) is 0 Å². The minimum absolute atomic E-state index is 0.132. The van der Waals surface area contributed by atoms with E-state index >= 15 is 0 Å². The summed E-state index contributed by atoms with van der Waals surface area (Å²) in [4.78, 5) is 22.7. The Hall–Kier alpha value is -2.34. The van der Waals surface area contributed by atoms with E-state index in [4.69, 9.17) is 9.47 Å². The Kier molecular flexibility index (Phi) is 6.81. The average molecular weight is 392 g/mol. The number of ether oxygens (including phenoxy) is 2. The van der Waals surface area contributed by atoms with E-state index in [-0.39, 0.29) is 24.9 Å². The molecule has 24 heavy (non-hydrogen) atoms. The van der Waals surface area contributed by atoms with Crippen molar-refractivity contribution >= 4 is 33.5 Å². The predicted molar refractivity (Wildman–Crippen MR) is 95.0 cm³/mol. The van der Waals surface area contributed by atoms with Crippen molar-refractivity contribution in [2.24, 2.45) is 0 Å². The number of nitrogens with one attached hydrogen (secondary N) is 1. The van der Waals surface area contributed by atoms with Crippen molar-refractivity contribution in [3.05, 3.63) is 58.6 Å². The molecule has 2 aromatic rings. The van der Waals surface area contributed by atoms with Gasteiger partial charge in [-0.3, -0.25) is 9.59 Å². The molecule has 0 saturated heterocycles. The number of hydrogen-bond acceptors (Lipinski definition) is 4. The third-order valence-corrected chi connectivity index (χ3v) is 3.53. The Balaban J connectivity index is 1.70. The number of halogens is 1. The van der Waals surface area contributed by atoms with Gasteiger partial charge in [0.2, 0.25) is 5.91 Å². The van der Waals surface area contributed by atoms with Crippen LogP contribution < -0.4 is 10.1 Å². The number of anilines is 1. The van der Waals surface area contributed by atoms with Gasteiger partial charge in [-0.15, -0.1) is 0 Å². The van der Waals surface area contributed by atoms with Crippen LogP contribution in [0.15, 0.2) is 53.0 Å². The third-order valence-electron chi connectivity index (χ3n) is 3.03. The summed E-state index contributed by atoms with van der Waals surface area (Å²) in [5, 5.41) is 2.67. The van der Waals surface area contributed by atoms with Gasteiger partial charge in [0, 0.05) is 17.1 Å². The van der Waals surface area contributed by atoms with Crippen molar-refractivity contribution in [2.75, 3.05) is 18.5 Å². The van der Waals surface area contributed by atoms with Crippen LogP contribution in [0.5, 0.6) is 5.75 Å². The highest BCUT2D eigenvalue weighted by Crippen LogP contribution is 2.17. The summed E-state index contributed by atoms with van der Waals surface area (Å²) in [6.45, 7) is 1.93. The van der Waals surface area contributed by atoms with Gasteiger partial charge in [-0.05, 0) is 35.9 Å². The number of rotatable bonds is 7. The second kappa shape index (κ2) is 9.08. The van der Waals surface area contributed by atoms with Crippen LogP contribution in [0.1, 0.15) is 12.5 Å². The molecule has 0 fully saturated rings. The van der Waals surface area contributed by atoms with Crippen LogP contribution in [0.3, 0.4) is 0 Å². The molecule has 0 bridgehead atoms. The van der Waals surface area contributed by atoms with Crippen molar-refractivity contribution in [1.29, 1.82) is 0 Å². The second-order valence-electron chi connectivity index (χ2n) is 5.08. The summed E-state index contributed by atoms with van der Waals surface area (Å²) in [5.41, 5.74) is 1.52. The van der Waals surface area contributed by atoms with E-state index in [1.165, 1.54) is 6.92 Å². The molecule has 2 rings (SSSR count). The van der Waals surface area contributed by atoms with E-state index in [1.807, 2.05) is 24.3 Å². The molecule has 0 heterocycles. The number of amides is 1. The molecule has 1 amide bonds. The summed E-state index contributed by atoms with van der Waals surface area (Å²) in [5.74, 6) is 0.265. The SMILES string of the molecule is CC(=O)Nc1ccc(CC(=O)OCCOc2cccc(Br)c2)cc1. The number of carbonyl (C=O) groups excluding carboxylic acids is 2. The highest BCUT2D eigenvalue weighted by Gasteiger charge is 2.05. The second-order valence-corrected chi connectivity index (χ2v) is 6.00. The normalized spacial score (nSPS) is 10.1. The molecule has 5 nitrogen and oxygen atoms in total. The number of carbonyl (C=O) groups is 2. The van der Waals surface area contributed by atoms with E-state index < -0.39 is 0 Å². The standard InChI is InChI=1S/C18H18BrNO4/c1-13(21)20-16-7-5-14(6-8-16)11-18(22)24-10-9-23-17-4-2-3-15(19)12-17/h2-8,12H,9-11H2,1H3,(H,20,21). The maximum absolute atomic E-state index is 11.8. The molecule has 0 saturated carbocycles. The molecular weight excluding hydrogens is 374 g/mol. The molecule has 126 valence electrons.